The lowest BCUT2D eigenvalue weighted by atomic mass is 10.0. The Bertz CT molecular complexity index is 453. The predicted molar refractivity (Wildman–Crippen MR) is 66.0 cm³/mol. The largest absolute Gasteiger partial charge is 0.504 e. The van der Waals surface area contributed by atoms with Crippen molar-refractivity contribution in [3.05, 3.63) is 35.9 Å². The van der Waals surface area contributed by atoms with Crippen molar-refractivity contribution in [2.75, 3.05) is 13.7 Å². The first-order valence-electron chi connectivity index (χ1n) is 5.39. The second kappa shape index (κ2) is 6.18. The summed E-state index contributed by atoms with van der Waals surface area (Å²) in [6.45, 7) is 2.88. The Labute approximate surface area is 105 Å². The van der Waals surface area contributed by atoms with E-state index in [-0.39, 0.29) is 17.1 Å². The Morgan fingerprint density at radius 1 is 1.56 bits per heavy atom. The van der Waals surface area contributed by atoms with Crippen LogP contribution in [0.5, 0.6) is 11.5 Å². The number of hydrogen-bond donors (Lipinski definition) is 3. The fraction of sp³-hybridized carbons (Fsp3) is 0.308. The molecule has 0 aliphatic heterocycles. The first kappa shape index (κ1) is 14.2. The molecule has 0 spiro atoms. The lowest BCUT2D eigenvalue weighted by Gasteiger charge is -2.12. The van der Waals surface area contributed by atoms with Gasteiger partial charge in [-0.05, 0) is 24.1 Å². The normalized spacial score (nSPS) is 11.9. The van der Waals surface area contributed by atoms with Gasteiger partial charge in [0.25, 0.3) is 0 Å². The number of hydrogen-bond acceptors (Lipinski definition) is 5. The van der Waals surface area contributed by atoms with Crippen LogP contribution in [0.4, 0.5) is 0 Å². The lowest BCUT2D eigenvalue weighted by molar-refractivity contribution is 0.0584. The number of ether oxygens (including phenoxy) is 1. The van der Waals surface area contributed by atoms with Crippen LogP contribution in [0.25, 0.3) is 0 Å². The van der Waals surface area contributed by atoms with Gasteiger partial charge >= 0.3 is 0 Å². The zero-order valence-electron chi connectivity index (χ0n) is 10.1. The maximum Gasteiger partial charge on any atom is 0.197 e. The van der Waals surface area contributed by atoms with Crippen LogP contribution < -0.4 is 4.74 Å². The third kappa shape index (κ3) is 2.88. The molecule has 1 aromatic carbocycles. The number of Topliss-reactive ketones (excluding diaryl/α,β-unsaturated/α-hetero) is 1. The molecule has 1 rings (SSSR count). The molecule has 5 heteroatoms. The number of allylic oxidation sites excluding steroid dienone is 1. The second-order valence-corrected chi connectivity index (χ2v) is 3.75. The molecule has 0 amide bonds. The molecule has 1 atom stereocenters. The monoisotopic (exact) mass is 252 g/mol. The summed E-state index contributed by atoms with van der Waals surface area (Å²) in [4.78, 5) is 11.8. The molecule has 0 saturated heterocycles. The van der Waals surface area contributed by atoms with Crippen LogP contribution in [0.15, 0.2) is 24.8 Å². The molecule has 0 radical (unpaired) electrons. The quantitative estimate of drug-likeness (QED) is 0.511. The molecule has 0 fully saturated rings. The number of aliphatic hydroxyl groups is 2. The van der Waals surface area contributed by atoms with Gasteiger partial charge in [-0.3, -0.25) is 4.79 Å². The molecule has 0 aliphatic carbocycles. The van der Waals surface area contributed by atoms with Crippen molar-refractivity contribution in [3.8, 4) is 11.5 Å². The molecule has 98 valence electrons. The van der Waals surface area contributed by atoms with Crippen LogP contribution in [0, 0.1) is 0 Å². The van der Waals surface area contributed by atoms with Gasteiger partial charge in [0.1, 0.15) is 6.10 Å². The smallest absolute Gasteiger partial charge is 0.197 e. The first-order valence-corrected chi connectivity index (χ1v) is 5.39. The van der Waals surface area contributed by atoms with Crippen LogP contribution in [0.1, 0.15) is 15.9 Å². The van der Waals surface area contributed by atoms with Gasteiger partial charge < -0.3 is 20.1 Å². The maximum absolute atomic E-state index is 11.8. The highest BCUT2D eigenvalue weighted by atomic mass is 16.5. The van der Waals surface area contributed by atoms with Gasteiger partial charge in [-0.2, -0.15) is 0 Å². The molecule has 1 aromatic rings. The summed E-state index contributed by atoms with van der Waals surface area (Å²) in [7, 11) is 1.36. The van der Waals surface area contributed by atoms with Gasteiger partial charge in [0, 0.05) is 0 Å². The predicted octanol–water partition coefficient (Wildman–Crippen LogP) is 0.665. The number of carbonyl (C=O) groups is 1. The van der Waals surface area contributed by atoms with E-state index < -0.39 is 18.5 Å². The molecule has 0 saturated carbocycles. The zero-order chi connectivity index (χ0) is 13.7. The van der Waals surface area contributed by atoms with E-state index >= 15 is 0 Å². The van der Waals surface area contributed by atoms with E-state index in [1.807, 2.05) is 0 Å². The van der Waals surface area contributed by atoms with Crippen LogP contribution in [-0.2, 0) is 6.42 Å². The first-order chi connectivity index (χ1) is 8.54. The standard InChI is InChI=1S/C13H16O5/c1-3-4-8-5-9(12(16)10(15)7-14)13(17)11(6-8)18-2/h3,5-6,10,14-15,17H,1,4,7H2,2H3. The van der Waals surface area contributed by atoms with Gasteiger partial charge in [0.05, 0.1) is 19.3 Å². The SMILES string of the molecule is C=CCc1cc(OC)c(O)c(C(=O)C(O)CO)c1. The number of carbonyl (C=O) groups excluding carboxylic acids is 1. The van der Waals surface area contributed by atoms with Crippen molar-refractivity contribution in [1.82, 2.24) is 0 Å². The average molecular weight is 252 g/mol. The number of aliphatic hydroxyl groups excluding tert-OH is 2. The molecule has 18 heavy (non-hydrogen) atoms. The van der Waals surface area contributed by atoms with E-state index in [0.29, 0.717) is 12.0 Å². The lowest BCUT2D eigenvalue weighted by Crippen LogP contribution is -2.24. The van der Waals surface area contributed by atoms with Gasteiger partial charge in [0.2, 0.25) is 0 Å². The van der Waals surface area contributed by atoms with Crippen LogP contribution in [0.3, 0.4) is 0 Å². The van der Waals surface area contributed by atoms with E-state index in [4.69, 9.17) is 9.84 Å². The number of methoxy groups -OCH3 is 1. The molecule has 1 unspecified atom stereocenters. The molecule has 0 heterocycles. The highest BCUT2D eigenvalue weighted by molar-refractivity contribution is 6.02. The number of benzene rings is 1. The third-order valence-corrected chi connectivity index (χ3v) is 2.48. The summed E-state index contributed by atoms with van der Waals surface area (Å²) in [6, 6.07) is 3.03. The molecule has 3 N–H and O–H groups in total. The summed E-state index contributed by atoms with van der Waals surface area (Å²) in [5.74, 6) is -0.954. The van der Waals surface area contributed by atoms with Gasteiger partial charge in [-0.25, -0.2) is 0 Å². The van der Waals surface area contributed by atoms with Gasteiger partial charge in [-0.1, -0.05) is 6.08 Å². The summed E-state index contributed by atoms with van der Waals surface area (Å²) in [5.41, 5.74) is 0.640. The number of ketones is 1. The van der Waals surface area contributed by atoms with Gasteiger partial charge in [0.15, 0.2) is 17.3 Å². The van der Waals surface area contributed by atoms with E-state index in [1.165, 1.54) is 13.2 Å². The van der Waals surface area contributed by atoms with E-state index in [2.05, 4.69) is 6.58 Å². The van der Waals surface area contributed by atoms with E-state index in [1.54, 1.807) is 12.1 Å². The van der Waals surface area contributed by atoms with Crippen molar-refractivity contribution in [1.29, 1.82) is 0 Å². The molecule has 0 aromatic heterocycles. The Morgan fingerprint density at radius 3 is 2.72 bits per heavy atom. The van der Waals surface area contributed by atoms with E-state index in [0.717, 1.165) is 0 Å². The summed E-state index contributed by atoms with van der Waals surface area (Å²) in [6.07, 6.45) is 0.578. The third-order valence-electron chi connectivity index (χ3n) is 2.48. The van der Waals surface area contributed by atoms with Crippen molar-refractivity contribution in [2.24, 2.45) is 0 Å². The van der Waals surface area contributed by atoms with Crippen molar-refractivity contribution >= 4 is 5.78 Å². The minimum absolute atomic E-state index is 0.0762. The minimum Gasteiger partial charge on any atom is -0.504 e. The fourth-order valence-corrected chi connectivity index (χ4v) is 1.56. The summed E-state index contributed by atoms with van der Waals surface area (Å²) < 4.78 is 4.96. The maximum atomic E-state index is 11.8. The average Bonchev–Trinajstić information content (AvgIpc) is 2.39. The van der Waals surface area contributed by atoms with Crippen molar-refractivity contribution in [3.63, 3.8) is 0 Å². The topological polar surface area (TPSA) is 87.0 Å². The van der Waals surface area contributed by atoms with E-state index in [9.17, 15) is 15.0 Å². The fourth-order valence-electron chi connectivity index (χ4n) is 1.56. The van der Waals surface area contributed by atoms with Crippen LogP contribution in [-0.4, -0.2) is 40.9 Å². The molecule has 5 nitrogen and oxygen atoms in total. The minimum atomic E-state index is -1.56. The number of aromatic hydroxyl groups is 1. The molecule has 0 aliphatic rings. The number of phenols is 1. The van der Waals surface area contributed by atoms with Crippen molar-refractivity contribution < 1.29 is 24.9 Å². The number of phenolic OH excluding ortho intramolecular Hbond substituents is 1. The molecular formula is C13H16O5. The summed E-state index contributed by atoms with van der Waals surface area (Å²) in [5, 5.41) is 27.9. The van der Waals surface area contributed by atoms with Crippen LogP contribution in [0.2, 0.25) is 0 Å². The highest BCUT2D eigenvalue weighted by Crippen LogP contribution is 2.32. The number of rotatable bonds is 6. The van der Waals surface area contributed by atoms with Crippen LogP contribution >= 0.6 is 0 Å². The Morgan fingerprint density at radius 2 is 2.22 bits per heavy atom. The summed E-state index contributed by atoms with van der Waals surface area (Å²) >= 11 is 0. The Balaban J connectivity index is 3.28. The van der Waals surface area contributed by atoms with Crippen molar-refractivity contribution in [2.45, 2.75) is 12.5 Å². The Hall–Kier alpha value is -1.85. The highest BCUT2D eigenvalue weighted by Gasteiger charge is 2.22. The second-order valence-electron chi connectivity index (χ2n) is 3.75. The zero-order valence-corrected chi connectivity index (χ0v) is 10.1. The molecular weight excluding hydrogens is 236 g/mol. The Kier molecular flexibility index (Phi) is 4.88. The van der Waals surface area contributed by atoms with Gasteiger partial charge in [-0.15, -0.1) is 6.58 Å². The molecule has 0 bridgehead atoms.